The molecule has 6 nitrogen and oxygen atoms in total. The van der Waals surface area contributed by atoms with Gasteiger partial charge in [-0.15, -0.1) is 0 Å². The maximum atomic E-state index is 12.6. The van der Waals surface area contributed by atoms with Crippen molar-refractivity contribution in [1.82, 2.24) is 9.55 Å². The molecule has 0 spiro atoms. The van der Waals surface area contributed by atoms with E-state index in [-0.39, 0.29) is 17.9 Å². The Hall–Kier alpha value is -2.67. The van der Waals surface area contributed by atoms with Crippen molar-refractivity contribution in [3.8, 4) is 11.5 Å². The van der Waals surface area contributed by atoms with Crippen molar-refractivity contribution in [3.05, 3.63) is 63.1 Å². The van der Waals surface area contributed by atoms with Crippen LogP contribution < -0.4 is 15.0 Å². The summed E-state index contributed by atoms with van der Waals surface area (Å²) in [6, 6.07) is 10.3. The van der Waals surface area contributed by atoms with E-state index in [2.05, 4.69) is 20.9 Å². The average Bonchev–Trinajstić information content (AvgIpc) is 2.64. The Morgan fingerprint density at radius 1 is 1.12 bits per heavy atom. The number of hydrogen-bond donors (Lipinski definition) is 0. The Morgan fingerprint density at radius 3 is 2.76 bits per heavy atom. The maximum Gasteiger partial charge on any atom is 0.261 e. The van der Waals surface area contributed by atoms with Crippen LogP contribution in [-0.2, 0) is 6.54 Å². The molecule has 25 heavy (non-hydrogen) atoms. The Balaban J connectivity index is 1.66. The van der Waals surface area contributed by atoms with Crippen LogP contribution in [0.2, 0.25) is 0 Å². The largest absolute Gasteiger partial charge is 0.486 e. The van der Waals surface area contributed by atoms with Crippen LogP contribution in [0.3, 0.4) is 0 Å². The second-order valence-corrected chi connectivity index (χ2v) is 6.54. The lowest BCUT2D eigenvalue weighted by Gasteiger charge is -2.18. The van der Waals surface area contributed by atoms with Gasteiger partial charge in [-0.05, 0) is 36.4 Å². The molecule has 0 fully saturated rings. The normalized spacial score (nSPS) is 13.0. The predicted molar refractivity (Wildman–Crippen MR) is 95.5 cm³/mol. The Labute approximate surface area is 151 Å². The first-order valence-electron chi connectivity index (χ1n) is 7.69. The summed E-state index contributed by atoms with van der Waals surface area (Å²) >= 11 is 3.35. The molecule has 0 amide bonds. The fourth-order valence-corrected chi connectivity index (χ4v) is 3.07. The number of ether oxygens (including phenoxy) is 2. The van der Waals surface area contributed by atoms with Gasteiger partial charge >= 0.3 is 0 Å². The molecule has 1 aliphatic rings. The number of ketones is 1. The van der Waals surface area contributed by atoms with Crippen LogP contribution in [0.15, 0.2) is 52.0 Å². The highest BCUT2D eigenvalue weighted by atomic mass is 79.9. The molecule has 0 atom stereocenters. The minimum atomic E-state index is -0.253. The van der Waals surface area contributed by atoms with Crippen LogP contribution in [-0.4, -0.2) is 28.5 Å². The van der Waals surface area contributed by atoms with Gasteiger partial charge in [0, 0.05) is 10.0 Å². The van der Waals surface area contributed by atoms with Gasteiger partial charge in [0.15, 0.2) is 17.3 Å². The maximum absolute atomic E-state index is 12.6. The van der Waals surface area contributed by atoms with E-state index in [0.717, 1.165) is 4.47 Å². The molecule has 0 N–H and O–H groups in total. The van der Waals surface area contributed by atoms with E-state index in [0.29, 0.717) is 41.2 Å². The van der Waals surface area contributed by atoms with Crippen LogP contribution in [0, 0.1) is 0 Å². The van der Waals surface area contributed by atoms with Crippen LogP contribution in [0.25, 0.3) is 10.9 Å². The lowest BCUT2D eigenvalue weighted by atomic mass is 10.1. The Morgan fingerprint density at radius 2 is 1.92 bits per heavy atom. The van der Waals surface area contributed by atoms with E-state index in [1.807, 2.05) is 6.07 Å². The fourth-order valence-electron chi connectivity index (χ4n) is 2.71. The molecule has 0 saturated carbocycles. The van der Waals surface area contributed by atoms with Crippen molar-refractivity contribution in [3.63, 3.8) is 0 Å². The summed E-state index contributed by atoms with van der Waals surface area (Å²) in [7, 11) is 0. The highest BCUT2D eigenvalue weighted by Crippen LogP contribution is 2.30. The number of fused-ring (bicyclic) bond motifs is 2. The van der Waals surface area contributed by atoms with E-state index in [4.69, 9.17) is 9.47 Å². The summed E-state index contributed by atoms with van der Waals surface area (Å²) in [4.78, 5) is 29.4. The first-order valence-corrected chi connectivity index (χ1v) is 8.49. The molecule has 0 unspecified atom stereocenters. The number of benzene rings is 2. The number of aromatic nitrogens is 2. The van der Waals surface area contributed by atoms with E-state index in [9.17, 15) is 9.59 Å². The van der Waals surface area contributed by atoms with Crippen LogP contribution in [0.4, 0.5) is 0 Å². The summed E-state index contributed by atoms with van der Waals surface area (Å²) in [5.41, 5.74) is 0.805. The Bertz CT molecular complexity index is 1040. The number of halogens is 1. The van der Waals surface area contributed by atoms with E-state index in [1.165, 1.54) is 10.9 Å². The second kappa shape index (κ2) is 6.33. The van der Waals surface area contributed by atoms with Crippen molar-refractivity contribution in [2.45, 2.75) is 6.54 Å². The zero-order valence-corrected chi connectivity index (χ0v) is 14.7. The lowest BCUT2D eigenvalue weighted by Crippen LogP contribution is -2.25. The molecule has 0 bridgehead atoms. The van der Waals surface area contributed by atoms with Gasteiger partial charge in [0.1, 0.15) is 13.2 Å². The van der Waals surface area contributed by atoms with Crippen LogP contribution >= 0.6 is 15.9 Å². The summed E-state index contributed by atoms with van der Waals surface area (Å²) in [5.74, 6) is 0.970. The summed E-state index contributed by atoms with van der Waals surface area (Å²) in [6.07, 6.45) is 1.40. The van der Waals surface area contributed by atoms with Crippen LogP contribution in [0.5, 0.6) is 11.5 Å². The molecule has 4 rings (SSSR count). The number of hydrogen-bond acceptors (Lipinski definition) is 5. The third-order valence-corrected chi connectivity index (χ3v) is 4.46. The average molecular weight is 401 g/mol. The van der Waals surface area contributed by atoms with Crippen molar-refractivity contribution in [2.24, 2.45) is 0 Å². The molecule has 3 aromatic rings. The highest BCUT2D eigenvalue weighted by Gasteiger charge is 2.16. The molecular formula is C18H13BrN2O4. The number of nitrogens with zero attached hydrogens (tertiary/aromatic N) is 2. The SMILES string of the molecule is O=C(Cn1cnc2ccc(Br)cc2c1=O)c1ccc2c(c1)OCCO2. The quantitative estimate of drug-likeness (QED) is 0.632. The molecule has 126 valence electrons. The van der Waals surface area contributed by atoms with E-state index in [1.54, 1.807) is 30.3 Å². The van der Waals surface area contributed by atoms with E-state index < -0.39 is 0 Å². The minimum absolute atomic E-state index is 0.0894. The zero-order chi connectivity index (χ0) is 17.4. The first kappa shape index (κ1) is 15.8. The zero-order valence-electron chi connectivity index (χ0n) is 13.1. The van der Waals surface area contributed by atoms with Gasteiger partial charge < -0.3 is 9.47 Å². The lowest BCUT2D eigenvalue weighted by molar-refractivity contribution is 0.0969. The predicted octanol–water partition coefficient (Wildman–Crippen LogP) is 2.81. The van der Waals surface area contributed by atoms with Gasteiger partial charge in [-0.2, -0.15) is 0 Å². The molecule has 2 aromatic carbocycles. The highest BCUT2D eigenvalue weighted by molar-refractivity contribution is 9.10. The van der Waals surface area contributed by atoms with Gasteiger partial charge in [0.25, 0.3) is 5.56 Å². The monoisotopic (exact) mass is 400 g/mol. The van der Waals surface area contributed by atoms with Crippen LogP contribution in [0.1, 0.15) is 10.4 Å². The number of carbonyl (C=O) groups is 1. The van der Waals surface area contributed by atoms with Crippen molar-refractivity contribution >= 4 is 32.6 Å². The smallest absolute Gasteiger partial charge is 0.261 e. The Kier molecular flexibility index (Phi) is 4.01. The van der Waals surface area contributed by atoms with Crippen molar-refractivity contribution in [2.75, 3.05) is 13.2 Å². The minimum Gasteiger partial charge on any atom is -0.486 e. The number of rotatable bonds is 3. The fraction of sp³-hybridized carbons (Fsp3) is 0.167. The molecule has 1 aromatic heterocycles. The molecule has 0 saturated heterocycles. The summed E-state index contributed by atoms with van der Waals surface area (Å²) in [5, 5.41) is 0.465. The molecule has 7 heteroatoms. The van der Waals surface area contributed by atoms with Gasteiger partial charge in [-0.3, -0.25) is 14.2 Å². The molecule has 0 radical (unpaired) electrons. The molecular weight excluding hydrogens is 388 g/mol. The molecule has 2 heterocycles. The standard InChI is InChI=1S/C18H13BrN2O4/c19-12-2-3-14-13(8-12)18(23)21(10-20-14)9-15(22)11-1-4-16-17(7-11)25-6-5-24-16/h1-4,7-8,10H,5-6,9H2. The van der Waals surface area contributed by atoms with Gasteiger partial charge in [-0.25, -0.2) is 4.98 Å². The van der Waals surface area contributed by atoms with Crippen molar-refractivity contribution < 1.29 is 14.3 Å². The van der Waals surface area contributed by atoms with Crippen molar-refractivity contribution in [1.29, 1.82) is 0 Å². The number of carbonyl (C=O) groups excluding carboxylic acids is 1. The van der Waals surface area contributed by atoms with E-state index >= 15 is 0 Å². The third-order valence-electron chi connectivity index (χ3n) is 3.96. The first-order chi connectivity index (χ1) is 12.1. The second-order valence-electron chi connectivity index (χ2n) is 5.62. The molecule has 1 aliphatic heterocycles. The summed E-state index contributed by atoms with van der Waals surface area (Å²) in [6.45, 7) is 0.857. The summed E-state index contributed by atoms with van der Waals surface area (Å²) < 4.78 is 13.0. The van der Waals surface area contributed by atoms with Gasteiger partial charge in [0.05, 0.1) is 23.8 Å². The topological polar surface area (TPSA) is 70.4 Å². The van der Waals surface area contributed by atoms with Gasteiger partial charge in [0.2, 0.25) is 0 Å². The number of Topliss-reactive ketones (excluding diaryl/α,β-unsaturated/α-hetero) is 1. The molecule has 0 aliphatic carbocycles. The van der Waals surface area contributed by atoms with Gasteiger partial charge in [-0.1, -0.05) is 15.9 Å². The third kappa shape index (κ3) is 3.02.